The van der Waals surface area contributed by atoms with Gasteiger partial charge in [-0.15, -0.1) is 13.2 Å². The lowest BCUT2D eigenvalue weighted by molar-refractivity contribution is 0.586. The molecule has 3 aromatic rings. The molecule has 0 saturated carbocycles. The monoisotopic (exact) mass is 474 g/mol. The lowest BCUT2D eigenvalue weighted by Crippen LogP contribution is -2.15. The fourth-order valence-corrected chi connectivity index (χ4v) is 6.27. The summed E-state index contributed by atoms with van der Waals surface area (Å²) in [5.41, 5.74) is 0.998. The van der Waals surface area contributed by atoms with Crippen LogP contribution in [0.15, 0.2) is 114 Å². The van der Waals surface area contributed by atoms with Crippen molar-refractivity contribution in [2.24, 2.45) is 0 Å². The van der Waals surface area contributed by atoms with E-state index in [1.165, 1.54) is 18.2 Å². The summed E-state index contributed by atoms with van der Waals surface area (Å²) in [7, 11) is -7.66. The molecular weight excluding hydrogens is 452 g/mol. The van der Waals surface area contributed by atoms with Gasteiger partial charge in [-0.25, -0.2) is 16.8 Å². The van der Waals surface area contributed by atoms with Crippen LogP contribution in [0.1, 0.15) is 0 Å². The Hall–Kier alpha value is -2.67. The van der Waals surface area contributed by atoms with E-state index >= 15 is 0 Å². The molecule has 0 aromatic heterocycles. The molecule has 0 spiro atoms. The van der Waals surface area contributed by atoms with Gasteiger partial charge < -0.3 is 0 Å². The first-order valence-electron chi connectivity index (χ1n) is 9.29. The molecule has 0 radical (unpaired) electrons. The van der Waals surface area contributed by atoms with Gasteiger partial charge in [-0.2, -0.15) is 0 Å². The lowest BCUT2D eigenvalue weighted by atomic mass is 10.1. The zero-order chi connectivity index (χ0) is 22.9. The van der Waals surface area contributed by atoms with Crippen molar-refractivity contribution in [2.75, 3.05) is 11.5 Å². The predicted octanol–water partition coefficient (Wildman–Crippen LogP) is 5.61. The van der Waals surface area contributed by atoms with E-state index in [1.54, 1.807) is 42.5 Å². The summed E-state index contributed by atoms with van der Waals surface area (Å²) in [5.74, 6) is -0.671. The lowest BCUT2D eigenvalue weighted by Gasteiger charge is -2.15. The number of benzene rings is 3. The van der Waals surface area contributed by atoms with E-state index in [0.717, 1.165) is 5.02 Å². The molecule has 162 valence electrons. The van der Waals surface area contributed by atoms with Crippen molar-refractivity contribution in [3.8, 4) is 11.1 Å². The molecule has 0 saturated heterocycles. The maximum atomic E-state index is 12.7. The molecule has 7 heteroatoms. The van der Waals surface area contributed by atoms with Gasteiger partial charge in [0, 0.05) is 10.6 Å². The van der Waals surface area contributed by atoms with Crippen molar-refractivity contribution >= 4 is 31.3 Å². The largest absolute Gasteiger partial charge is 0.223 e. The smallest absolute Gasteiger partial charge is 0.183 e. The highest BCUT2D eigenvalue weighted by atomic mass is 35.5. The first-order valence-corrected chi connectivity index (χ1v) is 13.0. The van der Waals surface area contributed by atoms with E-state index in [1.807, 2.05) is 30.3 Å². The van der Waals surface area contributed by atoms with Crippen molar-refractivity contribution in [3.63, 3.8) is 0 Å². The highest BCUT2D eigenvalue weighted by Crippen LogP contribution is 2.34. The Kier molecular flexibility index (Phi) is 8.80. The van der Waals surface area contributed by atoms with Gasteiger partial charge in [0.2, 0.25) is 0 Å². The van der Waals surface area contributed by atoms with Crippen molar-refractivity contribution < 1.29 is 16.8 Å². The number of hydrogen-bond acceptors (Lipinski definition) is 4. The quantitative estimate of drug-likeness (QED) is 0.417. The summed E-state index contributed by atoms with van der Waals surface area (Å²) in [4.78, 5) is -0.386. The molecule has 4 nitrogen and oxygen atoms in total. The Balaban J connectivity index is 0.000000412. The third-order valence-corrected chi connectivity index (χ3v) is 7.92. The molecule has 31 heavy (non-hydrogen) atoms. The molecule has 0 unspecified atom stereocenters. The maximum Gasteiger partial charge on any atom is 0.183 e. The van der Waals surface area contributed by atoms with Gasteiger partial charge in [-0.1, -0.05) is 84.4 Å². The molecular formula is C24H23ClO4S2. The number of hydrogen-bond donors (Lipinski definition) is 0. The summed E-state index contributed by atoms with van der Waals surface area (Å²) >= 11 is 5.54. The van der Waals surface area contributed by atoms with E-state index in [4.69, 9.17) is 11.6 Å². The van der Waals surface area contributed by atoms with Crippen molar-refractivity contribution in [1.29, 1.82) is 0 Å². The molecule has 0 N–H and O–H groups in total. The van der Waals surface area contributed by atoms with Crippen LogP contribution in [0.3, 0.4) is 0 Å². The molecule has 0 fully saturated rings. The summed E-state index contributed by atoms with van der Waals surface area (Å²) in [6.45, 7) is 6.89. The van der Waals surface area contributed by atoms with Gasteiger partial charge in [0.25, 0.3) is 0 Å². The minimum atomic E-state index is -3.85. The van der Waals surface area contributed by atoms with Crippen LogP contribution in [0.5, 0.6) is 0 Å². The van der Waals surface area contributed by atoms with Gasteiger partial charge >= 0.3 is 0 Å². The molecule has 0 aliphatic rings. The fourth-order valence-electron chi connectivity index (χ4n) is 2.82. The predicted molar refractivity (Wildman–Crippen MR) is 128 cm³/mol. The first kappa shape index (κ1) is 24.6. The summed E-state index contributed by atoms with van der Waals surface area (Å²) in [6, 6.07) is 22.7. The van der Waals surface area contributed by atoms with Gasteiger partial charge in [-0.05, 0) is 23.8 Å². The van der Waals surface area contributed by atoms with Crippen LogP contribution in [-0.4, -0.2) is 28.3 Å². The molecule has 0 aliphatic carbocycles. The number of sulfone groups is 2. The van der Waals surface area contributed by atoms with Crippen molar-refractivity contribution in [1.82, 2.24) is 0 Å². The normalized spacial score (nSPS) is 11.1. The maximum absolute atomic E-state index is 12.7. The Morgan fingerprint density at radius 1 is 0.677 bits per heavy atom. The minimum absolute atomic E-state index is 0.182. The zero-order valence-electron chi connectivity index (χ0n) is 16.8. The van der Waals surface area contributed by atoms with E-state index in [-0.39, 0.29) is 21.3 Å². The molecule has 0 bridgehead atoms. The zero-order valence-corrected chi connectivity index (χ0v) is 19.2. The Morgan fingerprint density at radius 3 is 1.68 bits per heavy atom. The Bertz CT molecular complexity index is 1240. The molecule has 0 atom stereocenters. The SMILES string of the molecule is C=CCS(=O)(=O)c1cccc(-c2ccccc2)c1S(=O)(=O)CC=C.Clc1ccccc1. The Morgan fingerprint density at radius 2 is 1.19 bits per heavy atom. The molecule has 0 heterocycles. The van der Waals surface area contributed by atoms with E-state index in [9.17, 15) is 16.8 Å². The van der Waals surface area contributed by atoms with Gasteiger partial charge in [0.1, 0.15) is 0 Å². The average molecular weight is 475 g/mol. The summed E-state index contributed by atoms with van der Waals surface area (Å²) in [5, 5.41) is 0.794. The van der Waals surface area contributed by atoms with Crippen LogP contribution in [0.2, 0.25) is 5.02 Å². The van der Waals surface area contributed by atoms with E-state index < -0.39 is 19.7 Å². The molecule has 0 aliphatic heterocycles. The average Bonchev–Trinajstić information content (AvgIpc) is 2.75. The van der Waals surface area contributed by atoms with Crippen LogP contribution in [0, 0.1) is 0 Å². The molecule has 3 rings (SSSR count). The fraction of sp³-hybridized carbons (Fsp3) is 0.0833. The highest BCUT2D eigenvalue weighted by Gasteiger charge is 2.28. The Labute approximate surface area is 189 Å². The van der Waals surface area contributed by atoms with Crippen molar-refractivity contribution in [3.05, 3.63) is 109 Å². The topological polar surface area (TPSA) is 68.3 Å². The third kappa shape index (κ3) is 6.66. The summed E-state index contributed by atoms with van der Waals surface area (Å²) in [6.07, 6.45) is 2.50. The van der Waals surface area contributed by atoms with Gasteiger partial charge in [0.15, 0.2) is 19.7 Å². The minimum Gasteiger partial charge on any atom is -0.223 e. The van der Waals surface area contributed by atoms with E-state index in [2.05, 4.69) is 13.2 Å². The second-order valence-electron chi connectivity index (χ2n) is 6.43. The van der Waals surface area contributed by atoms with Crippen LogP contribution in [0.25, 0.3) is 11.1 Å². The van der Waals surface area contributed by atoms with Crippen molar-refractivity contribution in [2.45, 2.75) is 9.79 Å². The third-order valence-electron chi connectivity index (χ3n) is 4.12. The van der Waals surface area contributed by atoms with Crippen LogP contribution in [0.4, 0.5) is 0 Å². The van der Waals surface area contributed by atoms with Crippen LogP contribution in [-0.2, 0) is 19.7 Å². The molecule has 0 amide bonds. The second kappa shape index (κ2) is 11.1. The first-order chi connectivity index (χ1) is 14.7. The second-order valence-corrected chi connectivity index (χ2v) is 10.8. The summed E-state index contributed by atoms with van der Waals surface area (Å²) < 4.78 is 50.5. The standard InChI is InChI=1S/C18H18O4S2.C6H5Cl/c1-3-13-23(19,20)17-12-8-11-16(15-9-6-5-7-10-15)18(17)24(21,22)14-4-2;7-6-4-2-1-3-5-6/h3-12H,1-2,13-14H2;1-5H. The number of rotatable bonds is 7. The molecule has 3 aromatic carbocycles. The van der Waals surface area contributed by atoms with Gasteiger partial charge in [-0.3, -0.25) is 0 Å². The van der Waals surface area contributed by atoms with Crippen LogP contribution < -0.4 is 0 Å². The van der Waals surface area contributed by atoms with Gasteiger partial charge in [0.05, 0.1) is 21.3 Å². The van der Waals surface area contributed by atoms with E-state index in [0.29, 0.717) is 11.1 Å². The van der Waals surface area contributed by atoms with Crippen LogP contribution >= 0.6 is 11.6 Å². The highest BCUT2D eigenvalue weighted by molar-refractivity contribution is 7.94. The number of halogens is 1.